The summed E-state index contributed by atoms with van der Waals surface area (Å²) in [5, 5.41) is 0. The molecule has 1 unspecified atom stereocenters. The molecule has 0 aliphatic heterocycles. The number of nitrogens with two attached hydrogens (primary N) is 1. The molecule has 2 heterocycles. The topological polar surface area (TPSA) is 43.8 Å². The molecule has 0 spiro atoms. The highest BCUT2D eigenvalue weighted by molar-refractivity contribution is 9.11. The van der Waals surface area contributed by atoms with Crippen molar-refractivity contribution >= 4 is 27.3 Å². The van der Waals surface area contributed by atoms with Gasteiger partial charge >= 0.3 is 0 Å². The number of imidazole rings is 1. The Bertz CT molecular complexity index is 455. The SMILES string of the molecule is Cc1cc(C(N)c2nccn2C)sc1Br. The number of aromatic nitrogens is 2. The smallest absolute Gasteiger partial charge is 0.130 e. The van der Waals surface area contributed by atoms with Gasteiger partial charge in [0.05, 0.1) is 9.83 Å². The largest absolute Gasteiger partial charge is 0.336 e. The second kappa shape index (κ2) is 4.08. The highest BCUT2D eigenvalue weighted by Crippen LogP contribution is 2.32. The van der Waals surface area contributed by atoms with Crippen molar-refractivity contribution in [3.63, 3.8) is 0 Å². The number of hydrogen-bond donors (Lipinski definition) is 1. The van der Waals surface area contributed by atoms with Crippen molar-refractivity contribution < 1.29 is 0 Å². The monoisotopic (exact) mass is 285 g/mol. The Hall–Kier alpha value is -0.650. The molecule has 15 heavy (non-hydrogen) atoms. The van der Waals surface area contributed by atoms with Crippen molar-refractivity contribution in [1.29, 1.82) is 0 Å². The molecule has 0 saturated heterocycles. The summed E-state index contributed by atoms with van der Waals surface area (Å²) in [6.07, 6.45) is 3.68. The molecule has 2 aromatic rings. The van der Waals surface area contributed by atoms with E-state index in [1.165, 1.54) is 5.56 Å². The normalized spacial score (nSPS) is 13.1. The minimum atomic E-state index is -0.139. The lowest BCUT2D eigenvalue weighted by atomic mass is 10.2. The van der Waals surface area contributed by atoms with Gasteiger partial charge in [-0.05, 0) is 34.5 Å². The van der Waals surface area contributed by atoms with Gasteiger partial charge in [0.25, 0.3) is 0 Å². The molecule has 5 heteroatoms. The molecule has 0 amide bonds. The van der Waals surface area contributed by atoms with E-state index in [2.05, 4.69) is 33.9 Å². The molecule has 0 aliphatic rings. The lowest BCUT2D eigenvalue weighted by molar-refractivity contribution is 0.725. The van der Waals surface area contributed by atoms with Gasteiger partial charge in [-0.15, -0.1) is 11.3 Å². The minimum absolute atomic E-state index is 0.139. The lowest BCUT2D eigenvalue weighted by Gasteiger charge is -2.08. The van der Waals surface area contributed by atoms with Gasteiger partial charge in [0.15, 0.2) is 0 Å². The third kappa shape index (κ3) is 2.00. The van der Waals surface area contributed by atoms with Gasteiger partial charge in [-0.2, -0.15) is 0 Å². The van der Waals surface area contributed by atoms with E-state index < -0.39 is 0 Å². The first-order chi connectivity index (χ1) is 7.09. The van der Waals surface area contributed by atoms with Crippen LogP contribution in [-0.2, 0) is 7.05 Å². The van der Waals surface area contributed by atoms with Crippen LogP contribution >= 0.6 is 27.3 Å². The first-order valence-corrected chi connectivity index (χ1v) is 6.19. The van der Waals surface area contributed by atoms with Crippen molar-refractivity contribution in [3.05, 3.63) is 38.5 Å². The molecular formula is C10H12BrN3S. The van der Waals surface area contributed by atoms with Gasteiger partial charge in [-0.1, -0.05) is 0 Å². The summed E-state index contributed by atoms with van der Waals surface area (Å²) < 4.78 is 3.09. The highest BCUT2D eigenvalue weighted by Gasteiger charge is 2.16. The van der Waals surface area contributed by atoms with Gasteiger partial charge < -0.3 is 10.3 Å². The Morgan fingerprint density at radius 2 is 2.33 bits per heavy atom. The van der Waals surface area contributed by atoms with Crippen LogP contribution < -0.4 is 5.73 Å². The predicted molar refractivity (Wildman–Crippen MR) is 66.0 cm³/mol. The van der Waals surface area contributed by atoms with Crippen LogP contribution in [-0.4, -0.2) is 9.55 Å². The Kier molecular flexibility index (Phi) is 2.95. The molecule has 2 aromatic heterocycles. The molecule has 0 fully saturated rings. The summed E-state index contributed by atoms with van der Waals surface area (Å²) in [4.78, 5) is 5.39. The average Bonchev–Trinajstić information content (AvgIpc) is 2.74. The summed E-state index contributed by atoms with van der Waals surface area (Å²) in [6.45, 7) is 2.06. The van der Waals surface area contributed by atoms with Crippen molar-refractivity contribution in [2.75, 3.05) is 0 Å². The van der Waals surface area contributed by atoms with Gasteiger partial charge in [-0.3, -0.25) is 0 Å². The highest BCUT2D eigenvalue weighted by atomic mass is 79.9. The second-order valence-electron chi connectivity index (χ2n) is 3.48. The molecule has 80 valence electrons. The van der Waals surface area contributed by atoms with E-state index in [0.717, 1.165) is 14.5 Å². The summed E-state index contributed by atoms with van der Waals surface area (Å²) in [5.41, 5.74) is 7.37. The van der Waals surface area contributed by atoms with E-state index in [-0.39, 0.29) is 6.04 Å². The quantitative estimate of drug-likeness (QED) is 0.922. The predicted octanol–water partition coefficient (Wildman–Crippen LogP) is 2.60. The van der Waals surface area contributed by atoms with Crippen LogP contribution in [0.25, 0.3) is 0 Å². The second-order valence-corrected chi connectivity index (χ2v) is 5.88. The van der Waals surface area contributed by atoms with Crippen LogP contribution in [0.5, 0.6) is 0 Å². The molecule has 1 atom stereocenters. The number of hydrogen-bond acceptors (Lipinski definition) is 3. The van der Waals surface area contributed by atoms with Gasteiger partial charge in [0, 0.05) is 24.3 Å². The first-order valence-electron chi connectivity index (χ1n) is 4.58. The van der Waals surface area contributed by atoms with Crippen molar-refractivity contribution in [2.45, 2.75) is 13.0 Å². The average molecular weight is 286 g/mol. The molecule has 3 nitrogen and oxygen atoms in total. The maximum atomic E-state index is 6.15. The zero-order valence-corrected chi connectivity index (χ0v) is 11.0. The Labute approximate surface area is 101 Å². The number of aryl methyl sites for hydroxylation is 2. The molecule has 2 N–H and O–H groups in total. The lowest BCUT2D eigenvalue weighted by Crippen LogP contribution is -2.15. The third-order valence-corrected chi connectivity index (χ3v) is 4.54. The molecule has 0 aliphatic carbocycles. The molecule has 0 radical (unpaired) electrons. The van der Waals surface area contributed by atoms with E-state index in [4.69, 9.17) is 5.73 Å². The molecule has 0 bridgehead atoms. The number of thiophene rings is 1. The summed E-state index contributed by atoms with van der Waals surface area (Å²) in [5.74, 6) is 0.892. The fourth-order valence-electron chi connectivity index (χ4n) is 1.44. The van der Waals surface area contributed by atoms with E-state index in [9.17, 15) is 0 Å². The van der Waals surface area contributed by atoms with Crippen LogP contribution in [0.2, 0.25) is 0 Å². The van der Waals surface area contributed by atoms with E-state index >= 15 is 0 Å². The number of rotatable bonds is 2. The van der Waals surface area contributed by atoms with Crippen LogP contribution in [0.3, 0.4) is 0 Å². The van der Waals surface area contributed by atoms with Gasteiger partial charge in [-0.25, -0.2) is 4.98 Å². The van der Waals surface area contributed by atoms with Crippen LogP contribution in [0.1, 0.15) is 22.3 Å². The fourth-order valence-corrected chi connectivity index (χ4v) is 3.01. The number of nitrogens with zero attached hydrogens (tertiary/aromatic N) is 2. The maximum Gasteiger partial charge on any atom is 0.130 e. The summed E-state index contributed by atoms with van der Waals surface area (Å²) in [6, 6.07) is 1.97. The zero-order chi connectivity index (χ0) is 11.0. The molecule has 2 rings (SSSR count). The Morgan fingerprint density at radius 3 is 2.80 bits per heavy atom. The molecular weight excluding hydrogens is 274 g/mol. The molecule has 0 saturated carbocycles. The van der Waals surface area contributed by atoms with Crippen LogP contribution in [0.15, 0.2) is 22.2 Å². The Balaban J connectivity index is 2.36. The van der Waals surface area contributed by atoms with E-state index in [0.29, 0.717) is 0 Å². The summed E-state index contributed by atoms with van der Waals surface area (Å²) in [7, 11) is 1.96. The van der Waals surface area contributed by atoms with Gasteiger partial charge in [0.1, 0.15) is 5.82 Å². The first kappa shape index (κ1) is 10.9. The standard InChI is InChI=1S/C10H12BrN3S/c1-6-5-7(15-9(6)11)8(12)10-13-3-4-14(10)2/h3-5,8H,12H2,1-2H3. The third-order valence-electron chi connectivity index (χ3n) is 2.32. The van der Waals surface area contributed by atoms with E-state index in [1.54, 1.807) is 17.5 Å². The van der Waals surface area contributed by atoms with Gasteiger partial charge in [0.2, 0.25) is 0 Å². The van der Waals surface area contributed by atoms with Crippen LogP contribution in [0.4, 0.5) is 0 Å². The summed E-state index contributed by atoms with van der Waals surface area (Å²) >= 11 is 5.17. The molecule has 0 aromatic carbocycles. The fraction of sp³-hybridized carbons (Fsp3) is 0.300. The van der Waals surface area contributed by atoms with Crippen molar-refractivity contribution in [3.8, 4) is 0 Å². The number of halogens is 1. The Morgan fingerprint density at radius 1 is 1.60 bits per heavy atom. The van der Waals surface area contributed by atoms with E-state index in [1.807, 2.05) is 17.8 Å². The van der Waals surface area contributed by atoms with Crippen LogP contribution in [0, 0.1) is 6.92 Å². The zero-order valence-electron chi connectivity index (χ0n) is 8.57. The van der Waals surface area contributed by atoms with Crippen molar-refractivity contribution in [1.82, 2.24) is 9.55 Å². The minimum Gasteiger partial charge on any atom is -0.336 e. The maximum absolute atomic E-state index is 6.15. The van der Waals surface area contributed by atoms with Crippen molar-refractivity contribution in [2.24, 2.45) is 12.8 Å².